The number of rotatable bonds is 2. The number of hydrogen-bond acceptors (Lipinski definition) is 8. The number of methoxy groups -OCH3 is 1. The van der Waals surface area contributed by atoms with Crippen LogP contribution in [-0.2, 0) is 6.42 Å². The van der Waals surface area contributed by atoms with Crippen molar-refractivity contribution in [3.05, 3.63) is 40.2 Å². The van der Waals surface area contributed by atoms with Crippen molar-refractivity contribution < 1.29 is 34.3 Å². The number of aromatic hydroxyl groups is 3. The maximum atomic E-state index is 13.2. The molecule has 2 aromatic carbocycles. The lowest BCUT2D eigenvalue weighted by molar-refractivity contribution is -0.0424. The maximum absolute atomic E-state index is 13.2. The predicted octanol–water partition coefficient (Wildman–Crippen LogP) is 2.66. The summed E-state index contributed by atoms with van der Waals surface area (Å²) < 4.78 is 16.7. The van der Waals surface area contributed by atoms with E-state index in [9.17, 15) is 25.2 Å². The van der Waals surface area contributed by atoms with Crippen molar-refractivity contribution >= 4 is 11.0 Å². The standard InChI is InChI=1S/C21H20O8/c1-21(2)16(25)6-10-17(14(27-3)7-13(24)20(10)29-21)11-8-28-15-5-9(22)4-12(23)18(15)19(11)26/h4-5,7-8,16,22-25H,6H2,1-3H3. The van der Waals surface area contributed by atoms with Gasteiger partial charge in [-0.15, -0.1) is 0 Å². The van der Waals surface area contributed by atoms with Gasteiger partial charge in [0.2, 0.25) is 5.43 Å². The normalized spacial score (nSPS) is 17.6. The van der Waals surface area contributed by atoms with Gasteiger partial charge in [0.1, 0.15) is 40.1 Å². The molecule has 1 aromatic heterocycles. The van der Waals surface area contributed by atoms with Crippen LogP contribution in [0.5, 0.6) is 28.7 Å². The second kappa shape index (κ2) is 6.31. The van der Waals surface area contributed by atoms with Gasteiger partial charge < -0.3 is 34.3 Å². The Morgan fingerprint density at radius 2 is 1.86 bits per heavy atom. The number of aliphatic hydroxyl groups excluding tert-OH is 1. The summed E-state index contributed by atoms with van der Waals surface area (Å²) in [5, 5.41) is 40.6. The summed E-state index contributed by atoms with van der Waals surface area (Å²) in [6.07, 6.45) is 0.380. The first-order valence-electron chi connectivity index (χ1n) is 8.91. The molecule has 1 atom stereocenters. The molecule has 0 aliphatic carbocycles. The molecule has 0 radical (unpaired) electrons. The average Bonchev–Trinajstić information content (AvgIpc) is 2.63. The van der Waals surface area contributed by atoms with E-state index >= 15 is 0 Å². The lowest BCUT2D eigenvalue weighted by Crippen LogP contribution is -2.46. The van der Waals surface area contributed by atoms with Crippen LogP contribution in [0.15, 0.2) is 33.7 Å². The molecule has 0 fully saturated rings. The Morgan fingerprint density at radius 3 is 2.55 bits per heavy atom. The average molecular weight is 400 g/mol. The lowest BCUT2D eigenvalue weighted by atomic mass is 9.86. The third-order valence-corrected chi connectivity index (χ3v) is 5.22. The molecule has 0 amide bonds. The van der Waals surface area contributed by atoms with E-state index in [0.717, 1.165) is 6.07 Å². The molecule has 0 bridgehead atoms. The Bertz CT molecular complexity index is 1190. The smallest absolute Gasteiger partial charge is 0.204 e. The van der Waals surface area contributed by atoms with Crippen molar-refractivity contribution in [3.8, 4) is 39.9 Å². The third-order valence-electron chi connectivity index (χ3n) is 5.22. The Kier molecular flexibility index (Phi) is 4.13. The summed E-state index contributed by atoms with van der Waals surface area (Å²) >= 11 is 0. The fourth-order valence-corrected chi connectivity index (χ4v) is 3.60. The van der Waals surface area contributed by atoms with Gasteiger partial charge in [-0.2, -0.15) is 0 Å². The van der Waals surface area contributed by atoms with Gasteiger partial charge in [-0.1, -0.05) is 0 Å². The van der Waals surface area contributed by atoms with E-state index in [0.29, 0.717) is 5.56 Å². The van der Waals surface area contributed by atoms with E-state index in [-0.39, 0.29) is 51.5 Å². The molecule has 2 heterocycles. The first-order chi connectivity index (χ1) is 13.6. The number of ether oxygens (including phenoxy) is 2. The molecule has 4 rings (SSSR count). The number of phenolic OH excluding ortho intramolecular Hbond substituents is 3. The Hall–Kier alpha value is -3.39. The molecule has 0 saturated heterocycles. The molecule has 4 N–H and O–H groups in total. The van der Waals surface area contributed by atoms with Gasteiger partial charge in [0.05, 0.1) is 18.8 Å². The summed E-state index contributed by atoms with van der Waals surface area (Å²) in [6, 6.07) is 3.59. The van der Waals surface area contributed by atoms with Gasteiger partial charge in [-0.3, -0.25) is 4.79 Å². The predicted molar refractivity (Wildman–Crippen MR) is 104 cm³/mol. The number of benzene rings is 2. The molecule has 29 heavy (non-hydrogen) atoms. The molecule has 152 valence electrons. The SMILES string of the molecule is COc1cc(O)c2c(c1-c1coc3cc(O)cc(O)c3c1=O)CC(O)C(C)(C)O2. The minimum absolute atomic E-state index is 0.0141. The summed E-state index contributed by atoms with van der Waals surface area (Å²) in [6.45, 7) is 3.39. The number of hydrogen-bond donors (Lipinski definition) is 4. The summed E-state index contributed by atoms with van der Waals surface area (Å²) in [4.78, 5) is 13.2. The zero-order valence-corrected chi connectivity index (χ0v) is 16.0. The van der Waals surface area contributed by atoms with Crippen LogP contribution in [0.2, 0.25) is 0 Å². The zero-order valence-electron chi connectivity index (χ0n) is 16.0. The highest BCUT2D eigenvalue weighted by molar-refractivity contribution is 5.90. The van der Waals surface area contributed by atoms with E-state index in [1.807, 2.05) is 0 Å². The van der Waals surface area contributed by atoms with Gasteiger partial charge in [-0.05, 0) is 13.8 Å². The van der Waals surface area contributed by atoms with Crippen LogP contribution < -0.4 is 14.9 Å². The Balaban J connectivity index is 2.06. The molecule has 1 aliphatic heterocycles. The third kappa shape index (κ3) is 2.84. The van der Waals surface area contributed by atoms with Crippen LogP contribution in [-0.4, -0.2) is 39.2 Å². The highest BCUT2D eigenvalue weighted by Gasteiger charge is 2.39. The van der Waals surface area contributed by atoms with Crippen molar-refractivity contribution in [2.24, 2.45) is 0 Å². The maximum Gasteiger partial charge on any atom is 0.204 e. The van der Waals surface area contributed by atoms with Crippen molar-refractivity contribution in [2.75, 3.05) is 7.11 Å². The molecule has 1 aliphatic rings. The topological polar surface area (TPSA) is 130 Å². The zero-order chi connectivity index (χ0) is 21.1. The largest absolute Gasteiger partial charge is 0.508 e. The van der Waals surface area contributed by atoms with E-state index in [2.05, 4.69) is 0 Å². The second-order valence-electron chi connectivity index (χ2n) is 7.52. The fraction of sp³-hybridized carbons (Fsp3) is 0.286. The van der Waals surface area contributed by atoms with Crippen molar-refractivity contribution in [1.29, 1.82) is 0 Å². The van der Waals surface area contributed by atoms with Gasteiger partial charge in [0.25, 0.3) is 0 Å². The lowest BCUT2D eigenvalue weighted by Gasteiger charge is -2.38. The Labute approximate surface area is 165 Å². The van der Waals surface area contributed by atoms with Gasteiger partial charge >= 0.3 is 0 Å². The fourth-order valence-electron chi connectivity index (χ4n) is 3.60. The summed E-state index contributed by atoms with van der Waals surface area (Å²) in [5.41, 5.74) is -0.756. The minimum atomic E-state index is -0.944. The van der Waals surface area contributed by atoms with E-state index < -0.39 is 22.9 Å². The van der Waals surface area contributed by atoms with Crippen molar-refractivity contribution in [2.45, 2.75) is 32.0 Å². The molecule has 8 heteroatoms. The number of aliphatic hydroxyl groups is 1. The van der Waals surface area contributed by atoms with Gasteiger partial charge in [0.15, 0.2) is 11.5 Å². The first-order valence-corrected chi connectivity index (χ1v) is 8.91. The van der Waals surface area contributed by atoms with Crippen LogP contribution in [0.4, 0.5) is 0 Å². The van der Waals surface area contributed by atoms with Crippen LogP contribution in [0.25, 0.3) is 22.1 Å². The molecule has 0 spiro atoms. The molecule has 3 aromatic rings. The Morgan fingerprint density at radius 1 is 1.14 bits per heavy atom. The molecular weight excluding hydrogens is 380 g/mol. The first kappa shape index (κ1) is 18.9. The van der Waals surface area contributed by atoms with Crippen LogP contribution >= 0.6 is 0 Å². The highest BCUT2D eigenvalue weighted by Crippen LogP contribution is 2.48. The van der Waals surface area contributed by atoms with E-state index in [1.165, 1.54) is 25.5 Å². The highest BCUT2D eigenvalue weighted by atomic mass is 16.5. The van der Waals surface area contributed by atoms with Gasteiger partial charge in [0, 0.05) is 35.7 Å². The summed E-state index contributed by atoms with van der Waals surface area (Å²) in [5.74, 6) is -0.533. The van der Waals surface area contributed by atoms with Crippen LogP contribution in [0.3, 0.4) is 0 Å². The molecule has 8 nitrogen and oxygen atoms in total. The number of phenols is 3. The molecular formula is C21H20O8. The summed E-state index contributed by atoms with van der Waals surface area (Å²) in [7, 11) is 1.38. The van der Waals surface area contributed by atoms with Crippen LogP contribution in [0, 0.1) is 0 Å². The minimum Gasteiger partial charge on any atom is -0.508 e. The van der Waals surface area contributed by atoms with E-state index in [1.54, 1.807) is 13.8 Å². The second-order valence-corrected chi connectivity index (χ2v) is 7.52. The molecule has 0 saturated carbocycles. The van der Waals surface area contributed by atoms with Crippen molar-refractivity contribution in [3.63, 3.8) is 0 Å². The number of fused-ring (bicyclic) bond motifs is 2. The van der Waals surface area contributed by atoms with Crippen LogP contribution in [0.1, 0.15) is 19.4 Å². The molecule has 1 unspecified atom stereocenters. The quantitative estimate of drug-likeness (QED) is 0.517. The van der Waals surface area contributed by atoms with Crippen molar-refractivity contribution in [1.82, 2.24) is 0 Å². The van der Waals surface area contributed by atoms with Gasteiger partial charge in [-0.25, -0.2) is 0 Å². The van der Waals surface area contributed by atoms with E-state index in [4.69, 9.17) is 13.9 Å². The monoisotopic (exact) mass is 400 g/mol.